The maximum atomic E-state index is 15.3. The van der Waals surface area contributed by atoms with Gasteiger partial charge in [-0.1, -0.05) is 42.5 Å². The molecule has 0 unspecified atom stereocenters. The van der Waals surface area contributed by atoms with Crippen LogP contribution in [0.1, 0.15) is 67.4 Å². The third-order valence-corrected chi connectivity index (χ3v) is 9.82. The summed E-state index contributed by atoms with van der Waals surface area (Å²) >= 11 is 0. The zero-order valence-corrected chi connectivity index (χ0v) is 20.1. The van der Waals surface area contributed by atoms with Gasteiger partial charge in [0, 0.05) is 38.0 Å². The third-order valence-electron chi connectivity index (χ3n) is 7.45. The zero-order valence-electron chi connectivity index (χ0n) is 19.2. The molecule has 0 amide bonds. The van der Waals surface area contributed by atoms with Crippen molar-refractivity contribution in [2.24, 2.45) is 0 Å². The topological polar surface area (TPSA) is 66.8 Å². The summed E-state index contributed by atoms with van der Waals surface area (Å²) in [7, 11) is -3.61. The number of ether oxygens (including phenoxy) is 1. The van der Waals surface area contributed by atoms with Crippen LogP contribution in [0, 0.1) is 5.82 Å². The number of hydrogen-bond acceptors (Lipinski definition) is 4. The fraction of sp³-hybridized carbons (Fsp3) is 0.538. The maximum Gasteiger partial charge on any atom is 0.221 e. The Kier molecular flexibility index (Phi) is 7.53. The lowest BCUT2D eigenvalue weighted by atomic mass is 9.71. The molecule has 2 atom stereocenters. The van der Waals surface area contributed by atoms with E-state index in [1.807, 2.05) is 43.3 Å². The molecular formula is C26H34FNO4S. The second kappa shape index (κ2) is 10.2. The standard InChI is InChI=1S/C26H34FNO4S/c1-20-8-11-25(21-6-3-2-4-7-21)33(30,31)28(20)19-22-9-10-23(18-24(22)27)26(12-5-15-29)13-16-32-17-14-26/h2-4,6-7,9-10,18,20,25,29H,5,8,11-17,19H2,1H3/t20-,25+/m0/s1. The Morgan fingerprint density at radius 1 is 1.12 bits per heavy atom. The van der Waals surface area contributed by atoms with Gasteiger partial charge in [0.1, 0.15) is 11.1 Å². The molecule has 0 aliphatic carbocycles. The van der Waals surface area contributed by atoms with E-state index in [0.29, 0.717) is 31.6 Å². The van der Waals surface area contributed by atoms with Crippen LogP contribution in [0.15, 0.2) is 48.5 Å². The number of aliphatic hydroxyl groups excluding tert-OH is 1. The van der Waals surface area contributed by atoms with Gasteiger partial charge in [0.2, 0.25) is 10.0 Å². The van der Waals surface area contributed by atoms with E-state index in [-0.39, 0.29) is 30.4 Å². The van der Waals surface area contributed by atoms with E-state index in [1.165, 1.54) is 4.31 Å². The Morgan fingerprint density at radius 3 is 2.52 bits per heavy atom. The van der Waals surface area contributed by atoms with Crippen LogP contribution in [-0.2, 0) is 26.7 Å². The van der Waals surface area contributed by atoms with Crippen molar-refractivity contribution in [2.45, 2.75) is 68.7 Å². The Morgan fingerprint density at radius 2 is 1.85 bits per heavy atom. The molecule has 2 aliphatic rings. The summed E-state index contributed by atoms with van der Waals surface area (Å²) in [5.74, 6) is -0.369. The summed E-state index contributed by atoms with van der Waals surface area (Å²) in [6.45, 7) is 3.29. The molecule has 33 heavy (non-hydrogen) atoms. The number of benzene rings is 2. The SMILES string of the molecule is C[C@H]1CC[C@H](c2ccccc2)S(=O)(=O)N1Cc1ccc(C2(CCCO)CCOCC2)cc1F. The highest BCUT2D eigenvalue weighted by Crippen LogP contribution is 2.41. The first kappa shape index (κ1) is 24.3. The molecule has 2 saturated heterocycles. The van der Waals surface area contributed by atoms with E-state index in [1.54, 1.807) is 12.1 Å². The fourth-order valence-corrected chi connectivity index (χ4v) is 7.58. The molecule has 5 nitrogen and oxygen atoms in total. The molecule has 0 saturated carbocycles. The predicted octanol–water partition coefficient (Wildman–Crippen LogP) is 4.70. The largest absolute Gasteiger partial charge is 0.396 e. The van der Waals surface area contributed by atoms with Crippen molar-refractivity contribution >= 4 is 10.0 Å². The molecule has 0 spiro atoms. The van der Waals surface area contributed by atoms with Crippen molar-refractivity contribution < 1.29 is 22.7 Å². The maximum absolute atomic E-state index is 15.3. The quantitative estimate of drug-likeness (QED) is 0.630. The molecule has 2 aromatic carbocycles. The lowest BCUT2D eigenvalue weighted by Gasteiger charge is -2.39. The highest BCUT2D eigenvalue weighted by atomic mass is 32.2. The first-order chi connectivity index (χ1) is 15.9. The van der Waals surface area contributed by atoms with Gasteiger partial charge in [0.05, 0.1) is 0 Å². The zero-order chi connectivity index (χ0) is 23.5. The van der Waals surface area contributed by atoms with Crippen molar-refractivity contribution in [2.75, 3.05) is 19.8 Å². The van der Waals surface area contributed by atoms with Gasteiger partial charge in [-0.3, -0.25) is 0 Å². The molecule has 2 aliphatic heterocycles. The van der Waals surface area contributed by atoms with Gasteiger partial charge < -0.3 is 9.84 Å². The molecule has 2 heterocycles. The highest BCUT2D eigenvalue weighted by molar-refractivity contribution is 7.89. The average molecular weight is 476 g/mol. The van der Waals surface area contributed by atoms with Crippen molar-refractivity contribution in [1.29, 1.82) is 0 Å². The molecule has 2 aromatic rings. The van der Waals surface area contributed by atoms with Crippen LogP contribution < -0.4 is 0 Å². The van der Waals surface area contributed by atoms with Crippen LogP contribution in [-0.4, -0.2) is 43.7 Å². The van der Waals surface area contributed by atoms with Crippen LogP contribution in [0.5, 0.6) is 0 Å². The smallest absolute Gasteiger partial charge is 0.221 e. The Balaban J connectivity index is 1.59. The molecule has 7 heteroatoms. The number of halogens is 1. The average Bonchev–Trinajstić information content (AvgIpc) is 2.82. The van der Waals surface area contributed by atoms with Crippen LogP contribution in [0.2, 0.25) is 0 Å². The molecular weight excluding hydrogens is 441 g/mol. The molecule has 0 radical (unpaired) electrons. The number of nitrogens with zero attached hydrogens (tertiary/aromatic N) is 1. The summed E-state index contributed by atoms with van der Waals surface area (Å²) in [5.41, 5.74) is 1.89. The second-order valence-electron chi connectivity index (χ2n) is 9.44. The van der Waals surface area contributed by atoms with Crippen LogP contribution in [0.4, 0.5) is 4.39 Å². The van der Waals surface area contributed by atoms with Gasteiger partial charge in [-0.25, -0.2) is 12.8 Å². The predicted molar refractivity (Wildman–Crippen MR) is 127 cm³/mol. The highest BCUT2D eigenvalue weighted by Gasteiger charge is 2.41. The number of sulfonamides is 1. The van der Waals surface area contributed by atoms with E-state index in [9.17, 15) is 13.5 Å². The molecule has 180 valence electrons. The molecule has 0 aromatic heterocycles. The van der Waals surface area contributed by atoms with Crippen molar-refractivity contribution in [3.63, 3.8) is 0 Å². The molecule has 2 fully saturated rings. The van der Waals surface area contributed by atoms with Crippen molar-refractivity contribution in [3.05, 3.63) is 71.0 Å². The van der Waals surface area contributed by atoms with Gasteiger partial charge in [-0.15, -0.1) is 0 Å². The first-order valence-corrected chi connectivity index (χ1v) is 13.4. The first-order valence-electron chi connectivity index (χ1n) is 11.9. The summed E-state index contributed by atoms with van der Waals surface area (Å²) in [4.78, 5) is 0. The van der Waals surface area contributed by atoms with E-state index in [4.69, 9.17) is 4.74 Å². The number of hydrogen-bond donors (Lipinski definition) is 1. The van der Waals surface area contributed by atoms with Crippen LogP contribution in [0.3, 0.4) is 0 Å². The van der Waals surface area contributed by atoms with Crippen LogP contribution in [0.25, 0.3) is 0 Å². The Labute approximate surface area is 196 Å². The Hall–Kier alpha value is -1.80. The van der Waals surface area contributed by atoms with E-state index >= 15 is 4.39 Å². The number of rotatable bonds is 7. The van der Waals surface area contributed by atoms with E-state index in [0.717, 1.165) is 36.8 Å². The van der Waals surface area contributed by atoms with Gasteiger partial charge in [-0.05, 0) is 68.1 Å². The summed E-state index contributed by atoms with van der Waals surface area (Å²) in [5, 5.41) is 8.75. The monoisotopic (exact) mass is 475 g/mol. The third kappa shape index (κ3) is 5.02. The summed E-state index contributed by atoms with van der Waals surface area (Å²) < 4.78 is 49.3. The van der Waals surface area contributed by atoms with Gasteiger partial charge >= 0.3 is 0 Å². The normalized spacial score (nSPS) is 25.1. The minimum absolute atomic E-state index is 0.0334. The van der Waals surface area contributed by atoms with Gasteiger partial charge in [-0.2, -0.15) is 4.31 Å². The lowest BCUT2D eigenvalue weighted by Crippen LogP contribution is -2.44. The summed E-state index contributed by atoms with van der Waals surface area (Å²) in [6.07, 6.45) is 4.34. The minimum atomic E-state index is -3.61. The molecule has 0 bridgehead atoms. The fourth-order valence-electron chi connectivity index (χ4n) is 5.39. The second-order valence-corrected chi connectivity index (χ2v) is 11.5. The number of aliphatic hydroxyl groups is 1. The van der Waals surface area contributed by atoms with E-state index in [2.05, 4.69) is 0 Å². The molecule has 1 N–H and O–H groups in total. The summed E-state index contributed by atoms with van der Waals surface area (Å²) in [6, 6.07) is 14.4. The van der Waals surface area contributed by atoms with Crippen molar-refractivity contribution in [1.82, 2.24) is 4.31 Å². The Bertz CT molecular complexity index is 1040. The van der Waals surface area contributed by atoms with Crippen LogP contribution >= 0.6 is 0 Å². The minimum Gasteiger partial charge on any atom is -0.396 e. The van der Waals surface area contributed by atoms with Crippen molar-refractivity contribution in [3.8, 4) is 0 Å². The lowest BCUT2D eigenvalue weighted by molar-refractivity contribution is 0.0440. The molecule has 4 rings (SSSR count). The van der Waals surface area contributed by atoms with Gasteiger partial charge in [0.25, 0.3) is 0 Å². The van der Waals surface area contributed by atoms with Gasteiger partial charge in [0.15, 0.2) is 0 Å². The van der Waals surface area contributed by atoms with E-state index < -0.39 is 15.3 Å².